The van der Waals surface area contributed by atoms with Crippen molar-refractivity contribution < 1.29 is 8.42 Å². The molecule has 0 amide bonds. The average Bonchev–Trinajstić information content (AvgIpc) is 2.40. The molecule has 0 saturated heterocycles. The van der Waals surface area contributed by atoms with Crippen molar-refractivity contribution in [1.29, 1.82) is 0 Å². The number of benzene rings is 2. The predicted octanol–water partition coefficient (Wildman–Crippen LogP) is 3.66. The first kappa shape index (κ1) is 15.7. The molecule has 0 aliphatic rings. The van der Waals surface area contributed by atoms with E-state index in [4.69, 9.17) is 5.73 Å². The maximum absolute atomic E-state index is 11.6. The molecule has 2 aromatic carbocycles. The van der Waals surface area contributed by atoms with E-state index in [-0.39, 0.29) is 4.90 Å². The van der Waals surface area contributed by atoms with Crippen LogP contribution in [0.15, 0.2) is 56.3 Å². The highest BCUT2D eigenvalue weighted by Crippen LogP contribution is 2.30. The van der Waals surface area contributed by atoms with E-state index < -0.39 is 15.9 Å². The Morgan fingerprint density at radius 2 is 1.80 bits per heavy atom. The second kappa shape index (κ2) is 5.97. The highest BCUT2D eigenvalue weighted by Gasteiger charge is 2.15. The zero-order valence-electron chi connectivity index (χ0n) is 10.7. The fourth-order valence-electron chi connectivity index (χ4n) is 1.87. The van der Waals surface area contributed by atoms with Crippen molar-refractivity contribution in [2.75, 3.05) is 6.26 Å². The lowest BCUT2D eigenvalue weighted by Crippen LogP contribution is -2.13. The van der Waals surface area contributed by atoms with Gasteiger partial charge < -0.3 is 5.73 Å². The second-order valence-electron chi connectivity index (χ2n) is 4.49. The van der Waals surface area contributed by atoms with E-state index in [1.807, 2.05) is 24.3 Å². The van der Waals surface area contributed by atoms with Crippen molar-refractivity contribution in [2.45, 2.75) is 10.9 Å². The maximum atomic E-state index is 11.6. The molecule has 2 N–H and O–H groups in total. The summed E-state index contributed by atoms with van der Waals surface area (Å²) < 4.78 is 25.0. The van der Waals surface area contributed by atoms with Crippen molar-refractivity contribution in [2.24, 2.45) is 5.73 Å². The highest BCUT2D eigenvalue weighted by atomic mass is 79.9. The summed E-state index contributed by atoms with van der Waals surface area (Å²) in [4.78, 5) is 0.275. The van der Waals surface area contributed by atoms with Gasteiger partial charge in [0.1, 0.15) is 0 Å². The van der Waals surface area contributed by atoms with Gasteiger partial charge in [0, 0.05) is 15.2 Å². The molecule has 106 valence electrons. The van der Waals surface area contributed by atoms with Crippen LogP contribution >= 0.6 is 31.9 Å². The van der Waals surface area contributed by atoms with E-state index in [2.05, 4.69) is 31.9 Å². The first-order chi connectivity index (χ1) is 9.29. The lowest BCUT2D eigenvalue weighted by molar-refractivity contribution is 0.601. The Balaban J connectivity index is 2.48. The Bertz CT molecular complexity index is 745. The van der Waals surface area contributed by atoms with E-state index in [0.29, 0.717) is 0 Å². The summed E-state index contributed by atoms with van der Waals surface area (Å²) in [5, 5.41) is 0. The number of hydrogen-bond donors (Lipinski definition) is 1. The Morgan fingerprint density at radius 1 is 1.10 bits per heavy atom. The summed E-state index contributed by atoms with van der Waals surface area (Å²) in [5.41, 5.74) is 7.90. The van der Waals surface area contributed by atoms with Crippen LogP contribution in [0.25, 0.3) is 0 Å². The summed E-state index contributed by atoms with van der Waals surface area (Å²) in [5.74, 6) is 0. The SMILES string of the molecule is CS(=O)(=O)c1cccc(C(N)c2cc(Br)ccc2Br)c1. The summed E-state index contributed by atoms with van der Waals surface area (Å²) in [6.45, 7) is 0. The number of halogens is 2. The standard InChI is InChI=1S/C14H13Br2NO2S/c1-20(18,19)11-4-2-3-9(7-11)14(17)12-8-10(15)5-6-13(12)16/h2-8,14H,17H2,1H3. The molecule has 3 nitrogen and oxygen atoms in total. The first-order valence-electron chi connectivity index (χ1n) is 5.79. The monoisotopic (exact) mass is 417 g/mol. The molecule has 0 spiro atoms. The Hall–Kier alpha value is -0.690. The molecule has 0 saturated carbocycles. The minimum atomic E-state index is -3.24. The summed E-state index contributed by atoms with van der Waals surface area (Å²) in [7, 11) is -3.24. The topological polar surface area (TPSA) is 60.2 Å². The van der Waals surface area contributed by atoms with Crippen LogP contribution in [0.3, 0.4) is 0 Å². The van der Waals surface area contributed by atoms with Crippen LogP contribution < -0.4 is 5.73 Å². The predicted molar refractivity (Wildman–Crippen MR) is 87.4 cm³/mol. The fraction of sp³-hybridized carbons (Fsp3) is 0.143. The van der Waals surface area contributed by atoms with Gasteiger partial charge in [0.05, 0.1) is 10.9 Å². The summed E-state index contributed by atoms with van der Waals surface area (Å²) in [6, 6.07) is 12.1. The van der Waals surface area contributed by atoms with Gasteiger partial charge in [0.25, 0.3) is 0 Å². The van der Waals surface area contributed by atoms with Gasteiger partial charge >= 0.3 is 0 Å². The molecular formula is C14H13Br2NO2S. The zero-order chi connectivity index (χ0) is 14.9. The van der Waals surface area contributed by atoms with Crippen molar-refractivity contribution in [1.82, 2.24) is 0 Å². The molecule has 0 fully saturated rings. The molecule has 1 unspecified atom stereocenters. The molecule has 0 radical (unpaired) electrons. The van der Waals surface area contributed by atoms with Gasteiger partial charge in [-0.15, -0.1) is 0 Å². The van der Waals surface area contributed by atoms with Crippen molar-refractivity contribution in [3.05, 3.63) is 62.5 Å². The average molecular weight is 419 g/mol. The molecule has 0 aliphatic carbocycles. The molecule has 6 heteroatoms. The van der Waals surface area contributed by atoms with Crippen LogP contribution in [-0.4, -0.2) is 14.7 Å². The number of hydrogen-bond acceptors (Lipinski definition) is 3. The van der Waals surface area contributed by atoms with Gasteiger partial charge in [-0.1, -0.05) is 44.0 Å². The lowest BCUT2D eigenvalue weighted by Gasteiger charge is -2.15. The van der Waals surface area contributed by atoms with Gasteiger partial charge in [0.2, 0.25) is 0 Å². The number of sulfone groups is 1. The van der Waals surface area contributed by atoms with E-state index in [1.165, 1.54) is 6.26 Å². The highest BCUT2D eigenvalue weighted by molar-refractivity contribution is 9.11. The molecule has 1 atom stereocenters. The molecule has 0 aliphatic heterocycles. The van der Waals surface area contributed by atoms with E-state index >= 15 is 0 Å². The molecule has 0 heterocycles. The van der Waals surface area contributed by atoms with Gasteiger partial charge in [0.15, 0.2) is 9.84 Å². The Morgan fingerprint density at radius 3 is 2.45 bits per heavy atom. The van der Waals surface area contributed by atoms with Crippen molar-refractivity contribution >= 4 is 41.7 Å². The van der Waals surface area contributed by atoms with E-state index in [0.717, 1.165) is 20.1 Å². The van der Waals surface area contributed by atoms with Crippen molar-refractivity contribution in [3.8, 4) is 0 Å². The van der Waals surface area contributed by atoms with Gasteiger partial charge in [-0.3, -0.25) is 0 Å². The smallest absolute Gasteiger partial charge is 0.175 e. The van der Waals surface area contributed by atoms with Crippen LogP contribution in [0.4, 0.5) is 0 Å². The van der Waals surface area contributed by atoms with Crippen LogP contribution in [0.5, 0.6) is 0 Å². The molecule has 0 aromatic heterocycles. The van der Waals surface area contributed by atoms with Crippen LogP contribution in [-0.2, 0) is 9.84 Å². The minimum Gasteiger partial charge on any atom is -0.320 e. The Labute approximate surface area is 135 Å². The molecule has 2 aromatic rings. The normalized spacial score (nSPS) is 13.2. The van der Waals surface area contributed by atoms with Gasteiger partial charge in [-0.25, -0.2) is 8.42 Å². The van der Waals surface area contributed by atoms with E-state index in [1.54, 1.807) is 18.2 Å². The van der Waals surface area contributed by atoms with Crippen LogP contribution in [0.2, 0.25) is 0 Å². The first-order valence-corrected chi connectivity index (χ1v) is 9.27. The third kappa shape index (κ3) is 3.49. The fourth-order valence-corrected chi connectivity index (χ4v) is 3.42. The van der Waals surface area contributed by atoms with Gasteiger partial charge in [-0.2, -0.15) is 0 Å². The largest absolute Gasteiger partial charge is 0.320 e. The van der Waals surface area contributed by atoms with Crippen molar-refractivity contribution in [3.63, 3.8) is 0 Å². The minimum absolute atomic E-state index is 0.275. The van der Waals surface area contributed by atoms with Crippen LogP contribution in [0, 0.1) is 0 Å². The quantitative estimate of drug-likeness (QED) is 0.827. The van der Waals surface area contributed by atoms with Gasteiger partial charge in [-0.05, 0) is 41.5 Å². The third-order valence-corrected chi connectivity index (χ3v) is 5.26. The summed E-state index contributed by atoms with van der Waals surface area (Å²) >= 11 is 6.88. The molecule has 20 heavy (non-hydrogen) atoms. The second-order valence-corrected chi connectivity index (χ2v) is 8.27. The third-order valence-electron chi connectivity index (χ3n) is 2.94. The number of nitrogens with two attached hydrogens (primary N) is 1. The summed E-state index contributed by atoms with van der Waals surface area (Å²) in [6.07, 6.45) is 1.19. The maximum Gasteiger partial charge on any atom is 0.175 e. The number of rotatable bonds is 3. The Kier molecular flexibility index (Phi) is 4.69. The zero-order valence-corrected chi connectivity index (χ0v) is 14.7. The van der Waals surface area contributed by atoms with E-state index in [9.17, 15) is 8.42 Å². The lowest BCUT2D eigenvalue weighted by atomic mass is 10.00. The molecule has 0 bridgehead atoms. The molecule has 2 rings (SSSR count). The molecular weight excluding hydrogens is 406 g/mol. The van der Waals surface area contributed by atoms with Crippen LogP contribution in [0.1, 0.15) is 17.2 Å².